The first-order valence-electron chi connectivity index (χ1n) is 5.83. The predicted molar refractivity (Wildman–Crippen MR) is 64.6 cm³/mol. The summed E-state index contributed by atoms with van der Waals surface area (Å²) in [5.41, 5.74) is -2.80. The van der Waals surface area contributed by atoms with Crippen LogP contribution in [0.4, 0.5) is 17.6 Å². The minimum Gasteiger partial charge on any atom is -0.396 e. The van der Waals surface area contributed by atoms with E-state index in [9.17, 15) is 22.4 Å². The molecule has 0 fully saturated rings. The molecule has 0 bridgehead atoms. The van der Waals surface area contributed by atoms with Crippen LogP contribution in [0.2, 0.25) is 0 Å². The normalized spacial score (nSPS) is 12.3. The Kier molecular flexibility index (Phi) is 4.75. The highest BCUT2D eigenvalue weighted by atomic mass is 19.4. The van der Waals surface area contributed by atoms with Gasteiger partial charge in [0.05, 0.1) is 11.1 Å². The Morgan fingerprint density at radius 2 is 1.90 bits per heavy atom. The summed E-state index contributed by atoms with van der Waals surface area (Å²) in [6, 6.07) is 2.52. The maximum absolute atomic E-state index is 13.7. The third-order valence-electron chi connectivity index (χ3n) is 2.70. The lowest BCUT2D eigenvalue weighted by atomic mass is 9.95. The van der Waals surface area contributed by atoms with E-state index in [4.69, 9.17) is 5.11 Å². The molecule has 1 aromatic rings. The lowest BCUT2D eigenvalue weighted by Gasteiger charge is -2.22. The predicted octanol–water partition coefficient (Wildman–Crippen LogP) is 2.59. The number of benzene rings is 1. The molecule has 1 aromatic carbocycles. The summed E-state index contributed by atoms with van der Waals surface area (Å²) in [6.07, 6.45) is -4.86. The molecule has 0 saturated carbocycles. The number of alkyl halides is 3. The molecular weight excluding hydrogens is 278 g/mol. The fraction of sp³-hybridized carbons (Fsp3) is 0.462. The van der Waals surface area contributed by atoms with Gasteiger partial charge in [0, 0.05) is 18.6 Å². The van der Waals surface area contributed by atoms with Crippen molar-refractivity contribution in [3.8, 4) is 0 Å². The maximum Gasteiger partial charge on any atom is 0.419 e. The Morgan fingerprint density at radius 3 is 2.40 bits per heavy atom. The summed E-state index contributed by atoms with van der Waals surface area (Å²) in [6.45, 7) is 3.09. The Balaban J connectivity index is 2.95. The second-order valence-electron chi connectivity index (χ2n) is 5.17. The van der Waals surface area contributed by atoms with Crippen LogP contribution in [0, 0.1) is 11.2 Å². The zero-order chi connectivity index (χ0) is 15.6. The van der Waals surface area contributed by atoms with E-state index in [0.29, 0.717) is 6.07 Å². The van der Waals surface area contributed by atoms with E-state index in [-0.39, 0.29) is 13.2 Å². The van der Waals surface area contributed by atoms with Gasteiger partial charge < -0.3 is 10.4 Å². The zero-order valence-corrected chi connectivity index (χ0v) is 11.0. The quantitative estimate of drug-likeness (QED) is 0.838. The SMILES string of the molecule is CC(C)(CO)CNC(=O)c1cccc(C(F)(F)F)c1F. The third-order valence-corrected chi connectivity index (χ3v) is 2.70. The Labute approximate surface area is 113 Å². The average molecular weight is 293 g/mol. The Morgan fingerprint density at radius 1 is 1.30 bits per heavy atom. The average Bonchev–Trinajstić information content (AvgIpc) is 2.35. The standard InChI is InChI=1S/C13H15F4NO2/c1-12(2,7-19)6-18-11(20)8-4-3-5-9(10(8)14)13(15,16)17/h3-5,19H,6-7H2,1-2H3,(H,18,20). The van der Waals surface area contributed by atoms with Gasteiger partial charge in [-0.1, -0.05) is 19.9 Å². The third kappa shape index (κ3) is 3.93. The van der Waals surface area contributed by atoms with Gasteiger partial charge in [0.25, 0.3) is 5.91 Å². The lowest BCUT2D eigenvalue weighted by Crippen LogP contribution is -2.36. The minimum atomic E-state index is -4.86. The molecule has 0 aliphatic rings. The van der Waals surface area contributed by atoms with Crippen molar-refractivity contribution in [1.82, 2.24) is 5.32 Å². The molecule has 0 saturated heterocycles. The van der Waals surface area contributed by atoms with E-state index in [1.54, 1.807) is 13.8 Å². The van der Waals surface area contributed by atoms with Crippen LogP contribution in [0.1, 0.15) is 29.8 Å². The highest BCUT2D eigenvalue weighted by molar-refractivity contribution is 5.94. The van der Waals surface area contributed by atoms with E-state index in [0.717, 1.165) is 12.1 Å². The fourth-order valence-corrected chi connectivity index (χ4v) is 1.40. The number of aliphatic hydroxyl groups is 1. The van der Waals surface area contributed by atoms with Gasteiger partial charge in [0.1, 0.15) is 5.82 Å². The molecule has 1 rings (SSSR count). The van der Waals surface area contributed by atoms with E-state index >= 15 is 0 Å². The second-order valence-corrected chi connectivity index (χ2v) is 5.17. The number of carbonyl (C=O) groups excluding carboxylic acids is 1. The topological polar surface area (TPSA) is 49.3 Å². The summed E-state index contributed by atoms with van der Waals surface area (Å²) >= 11 is 0. The molecule has 0 aliphatic carbocycles. The van der Waals surface area contributed by atoms with Gasteiger partial charge in [-0.3, -0.25) is 4.79 Å². The molecule has 1 amide bonds. The number of rotatable bonds is 4. The monoisotopic (exact) mass is 293 g/mol. The molecule has 7 heteroatoms. The Hall–Kier alpha value is -1.63. The van der Waals surface area contributed by atoms with Gasteiger partial charge in [-0.15, -0.1) is 0 Å². The van der Waals surface area contributed by atoms with Gasteiger partial charge in [0.2, 0.25) is 0 Å². The lowest BCUT2D eigenvalue weighted by molar-refractivity contribution is -0.140. The number of halogens is 4. The first-order valence-corrected chi connectivity index (χ1v) is 5.83. The van der Waals surface area contributed by atoms with Crippen LogP contribution in [0.15, 0.2) is 18.2 Å². The van der Waals surface area contributed by atoms with Crippen molar-refractivity contribution in [2.75, 3.05) is 13.2 Å². The summed E-state index contributed by atoms with van der Waals surface area (Å²) in [7, 11) is 0. The van der Waals surface area contributed by atoms with Crippen LogP contribution in [0.25, 0.3) is 0 Å². The van der Waals surface area contributed by atoms with Crippen LogP contribution in [-0.2, 0) is 6.18 Å². The van der Waals surface area contributed by atoms with Crippen LogP contribution in [-0.4, -0.2) is 24.2 Å². The second kappa shape index (κ2) is 5.78. The van der Waals surface area contributed by atoms with Crippen molar-refractivity contribution in [2.24, 2.45) is 5.41 Å². The van der Waals surface area contributed by atoms with Gasteiger partial charge in [-0.2, -0.15) is 13.2 Å². The van der Waals surface area contributed by atoms with E-state index in [1.807, 2.05) is 0 Å². The molecule has 20 heavy (non-hydrogen) atoms. The molecule has 3 nitrogen and oxygen atoms in total. The molecule has 0 spiro atoms. The molecule has 2 N–H and O–H groups in total. The van der Waals surface area contributed by atoms with Crippen molar-refractivity contribution in [1.29, 1.82) is 0 Å². The van der Waals surface area contributed by atoms with E-state index < -0.39 is 34.4 Å². The number of amides is 1. The van der Waals surface area contributed by atoms with Gasteiger partial charge in [0.15, 0.2) is 0 Å². The number of nitrogens with one attached hydrogen (secondary N) is 1. The number of hydrogen-bond donors (Lipinski definition) is 2. The highest BCUT2D eigenvalue weighted by Gasteiger charge is 2.35. The number of hydrogen-bond acceptors (Lipinski definition) is 2. The summed E-state index contributed by atoms with van der Waals surface area (Å²) in [4.78, 5) is 11.7. The molecular formula is C13H15F4NO2. The molecule has 112 valence electrons. The molecule has 0 unspecified atom stereocenters. The Bertz CT molecular complexity index is 498. The van der Waals surface area contributed by atoms with Crippen molar-refractivity contribution in [3.05, 3.63) is 35.1 Å². The first-order chi connectivity index (χ1) is 9.08. The van der Waals surface area contributed by atoms with E-state index in [1.165, 1.54) is 0 Å². The summed E-state index contributed by atoms with van der Waals surface area (Å²) < 4.78 is 51.2. The highest BCUT2D eigenvalue weighted by Crippen LogP contribution is 2.32. The van der Waals surface area contributed by atoms with E-state index in [2.05, 4.69) is 5.32 Å². The number of carbonyl (C=O) groups is 1. The van der Waals surface area contributed by atoms with Crippen molar-refractivity contribution >= 4 is 5.91 Å². The first kappa shape index (κ1) is 16.4. The molecule has 0 aromatic heterocycles. The zero-order valence-electron chi connectivity index (χ0n) is 11.0. The van der Waals surface area contributed by atoms with Gasteiger partial charge in [-0.05, 0) is 12.1 Å². The summed E-state index contributed by atoms with van der Waals surface area (Å²) in [5, 5.41) is 11.3. The maximum atomic E-state index is 13.7. The van der Waals surface area contributed by atoms with Crippen LogP contribution < -0.4 is 5.32 Å². The molecule has 0 heterocycles. The van der Waals surface area contributed by atoms with Crippen LogP contribution >= 0.6 is 0 Å². The molecule has 0 aliphatic heterocycles. The van der Waals surface area contributed by atoms with Crippen molar-refractivity contribution in [2.45, 2.75) is 20.0 Å². The number of aliphatic hydroxyl groups excluding tert-OH is 1. The smallest absolute Gasteiger partial charge is 0.396 e. The molecule has 0 atom stereocenters. The van der Waals surface area contributed by atoms with Gasteiger partial charge in [-0.25, -0.2) is 4.39 Å². The molecule has 0 radical (unpaired) electrons. The minimum absolute atomic E-state index is 0.0119. The van der Waals surface area contributed by atoms with Crippen LogP contribution in [0.3, 0.4) is 0 Å². The largest absolute Gasteiger partial charge is 0.419 e. The van der Waals surface area contributed by atoms with Crippen LogP contribution in [0.5, 0.6) is 0 Å². The van der Waals surface area contributed by atoms with Gasteiger partial charge >= 0.3 is 6.18 Å². The van der Waals surface area contributed by atoms with Crippen molar-refractivity contribution in [3.63, 3.8) is 0 Å². The summed E-state index contributed by atoms with van der Waals surface area (Å²) in [5.74, 6) is -2.55. The van der Waals surface area contributed by atoms with Crippen molar-refractivity contribution < 1.29 is 27.5 Å². The fourth-order valence-electron chi connectivity index (χ4n) is 1.40.